The smallest absolute Gasteiger partial charge is 0.337 e. The summed E-state index contributed by atoms with van der Waals surface area (Å²) >= 11 is 3.46. The molecule has 1 aliphatic heterocycles. The number of aryl methyl sites for hydroxylation is 1. The lowest BCUT2D eigenvalue weighted by atomic mass is 9.97. The lowest BCUT2D eigenvalue weighted by Crippen LogP contribution is -2.29. The third kappa shape index (κ3) is 3.45. The van der Waals surface area contributed by atoms with Gasteiger partial charge in [0.25, 0.3) is 5.91 Å². The number of hydrogen-bond acceptors (Lipinski definition) is 5. The molecule has 0 bridgehead atoms. The SMILES string of the molecule is COC(=O)c1ccc(C2c3c(oc4ccc(C)cc4c3=O)C(=O)N2c2cccc(Br)c2)cc1. The Bertz CT molecular complexity index is 1490. The predicted molar refractivity (Wildman–Crippen MR) is 128 cm³/mol. The van der Waals surface area contributed by atoms with Gasteiger partial charge < -0.3 is 9.15 Å². The third-order valence-electron chi connectivity index (χ3n) is 5.76. The summed E-state index contributed by atoms with van der Waals surface area (Å²) in [5.74, 6) is -0.836. The van der Waals surface area contributed by atoms with Gasteiger partial charge in [-0.25, -0.2) is 4.79 Å². The normalized spacial score (nSPS) is 15.1. The van der Waals surface area contributed by atoms with Crippen LogP contribution in [0.4, 0.5) is 5.69 Å². The van der Waals surface area contributed by atoms with Gasteiger partial charge in [0, 0.05) is 10.2 Å². The minimum Gasteiger partial charge on any atom is -0.465 e. The molecule has 1 atom stereocenters. The van der Waals surface area contributed by atoms with E-state index in [-0.39, 0.29) is 16.8 Å². The van der Waals surface area contributed by atoms with Crippen molar-refractivity contribution < 1.29 is 18.7 Å². The number of carbonyl (C=O) groups is 2. The van der Waals surface area contributed by atoms with E-state index in [2.05, 4.69) is 15.9 Å². The molecule has 4 aromatic rings. The van der Waals surface area contributed by atoms with Crippen LogP contribution in [0.1, 0.15) is 43.6 Å². The highest BCUT2D eigenvalue weighted by atomic mass is 79.9. The summed E-state index contributed by atoms with van der Waals surface area (Å²) in [7, 11) is 1.31. The molecule has 2 heterocycles. The average Bonchev–Trinajstić information content (AvgIpc) is 3.11. The Morgan fingerprint density at radius 1 is 1.03 bits per heavy atom. The number of nitrogens with zero attached hydrogens (tertiary/aromatic N) is 1. The Labute approximate surface area is 197 Å². The highest BCUT2D eigenvalue weighted by molar-refractivity contribution is 9.10. The summed E-state index contributed by atoms with van der Waals surface area (Å²) in [5.41, 5.74) is 2.99. The van der Waals surface area contributed by atoms with Crippen molar-refractivity contribution in [2.75, 3.05) is 12.0 Å². The molecule has 6 nitrogen and oxygen atoms in total. The van der Waals surface area contributed by atoms with Crippen LogP contribution in [0.3, 0.4) is 0 Å². The van der Waals surface area contributed by atoms with E-state index >= 15 is 0 Å². The minimum absolute atomic E-state index is 0.0263. The maximum atomic E-state index is 13.6. The molecule has 0 aliphatic carbocycles. The zero-order valence-corrected chi connectivity index (χ0v) is 19.4. The topological polar surface area (TPSA) is 76.8 Å². The first-order chi connectivity index (χ1) is 15.9. The number of hydrogen-bond donors (Lipinski definition) is 0. The van der Waals surface area contributed by atoms with Gasteiger partial charge in [-0.15, -0.1) is 0 Å². The third-order valence-corrected chi connectivity index (χ3v) is 6.25. The van der Waals surface area contributed by atoms with Crippen molar-refractivity contribution in [2.24, 2.45) is 0 Å². The Morgan fingerprint density at radius 2 is 1.79 bits per heavy atom. The van der Waals surface area contributed by atoms with Crippen molar-refractivity contribution >= 4 is 44.5 Å². The molecule has 0 N–H and O–H groups in total. The first-order valence-electron chi connectivity index (χ1n) is 10.2. The van der Waals surface area contributed by atoms with Crippen LogP contribution in [0, 0.1) is 6.92 Å². The summed E-state index contributed by atoms with van der Waals surface area (Å²) in [4.78, 5) is 40.7. The number of halogens is 1. The molecule has 33 heavy (non-hydrogen) atoms. The summed E-state index contributed by atoms with van der Waals surface area (Å²) in [6.45, 7) is 1.90. The van der Waals surface area contributed by atoms with Gasteiger partial charge in [-0.2, -0.15) is 0 Å². The second-order valence-corrected chi connectivity index (χ2v) is 8.76. The summed E-state index contributed by atoms with van der Waals surface area (Å²) in [5, 5.41) is 0.425. The molecule has 0 saturated carbocycles. The lowest BCUT2D eigenvalue weighted by Gasteiger charge is -2.25. The minimum atomic E-state index is -0.713. The van der Waals surface area contributed by atoms with Gasteiger partial charge in [0.2, 0.25) is 5.76 Å². The van der Waals surface area contributed by atoms with E-state index in [0.29, 0.717) is 27.8 Å². The Kier molecular flexibility index (Phi) is 5.13. The van der Waals surface area contributed by atoms with Crippen molar-refractivity contribution in [1.82, 2.24) is 0 Å². The monoisotopic (exact) mass is 503 g/mol. The second kappa shape index (κ2) is 8.01. The van der Waals surface area contributed by atoms with Crippen LogP contribution >= 0.6 is 15.9 Å². The first-order valence-corrected chi connectivity index (χ1v) is 11.0. The molecule has 5 rings (SSSR count). The molecule has 3 aromatic carbocycles. The summed E-state index contributed by atoms with van der Waals surface area (Å²) in [6, 6.07) is 18.6. The molecule has 1 aliphatic rings. The molecule has 0 radical (unpaired) electrons. The molecule has 1 amide bonds. The van der Waals surface area contributed by atoms with Gasteiger partial charge in [-0.1, -0.05) is 45.8 Å². The van der Waals surface area contributed by atoms with E-state index < -0.39 is 17.9 Å². The number of esters is 1. The van der Waals surface area contributed by atoms with Crippen molar-refractivity contribution in [3.63, 3.8) is 0 Å². The molecule has 1 aromatic heterocycles. The number of anilines is 1. The van der Waals surface area contributed by atoms with Crippen LogP contribution < -0.4 is 10.3 Å². The predicted octanol–water partition coefficient (Wildman–Crippen LogP) is 5.40. The molecular formula is C26H18BrNO5. The number of carbonyl (C=O) groups excluding carboxylic acids is 2. The zero-order valence-electron chi connectivity index (χ0n) is 17.8. The highest BCUT2D eigenvalue weighted by Gasteiger charge is 2.43. The second-order valence-electron chi connectivity index (χ2n) is 7.84. The fourth-order valence-electron chi connectivity index (χ4n) is 4.21. The molecular weight excluding hydrogens is 486 g/mol. The maximum Gasteiger partial charge on any atom is 0.337 e. The van der Waals surface area contributed by atoms with E-state index in [1.807, 2.05) is 31.2 Å². The number of fused-ring (bicyclic) bond motifs is 2. The molecule has 7 heteroatoms. The van der Waals surface area contributed by atoms with Gasteiger partial charge in [0.1, 0.15) is 5.58 Å². The van der Waals surface area contributed by atoms with Crippen LogP contribution in [0.15, 0.2) is 80.4 Å². The van der Waals surface area contributed by atoms with Gasteiger partial charge in [0.15, 0.2) is 5.43 Å². The molecule has 0 fully saturated rings. The number of ether oxygens (including phenoxy) is 1. The lowest BCUT2D eigenvalue weighted by molar-refractivity contribution is 0.0600. The average molecular weight is 504 g/mol. The number of benzene rings is 3. The van der Waals surface area contributed by atoms with Gasteiger partial charge in [0.05, 0.1) is 29.7 Å². The fourth-order valence-corrected chi connectivity index (χ4v) is 4.60. The number of rotatable bonds is 3. The van der Waals surface area contributed by atoms with Gasteiger partial charge in [-0.3, -0.25) is 14.5 Å². The number of methoxy groups -OCH3 is 1. The molecule has 0 spiro atoms. The van der Waals surface area contributed by atoms with Crippen LogP contribution in [-0.4, -0.2) is 19.0 Å². The van der Waals surface area contributed by atoms with Gasteiger partial charge in [-0.05, 0) is 55.0 Å². The Morgan fingerprint density at radius 3 is 2.48 bits per heavy atom. The van der Waals surface area contributed by atoms with Crippen molar-refractivity contribution in [3.05, 3.63) is 109 Å². The quantitative estimate of drug-likeness (QED) is 0.349. The highest BCUT2D eigenvalue weighted by Crippen LogP contribution is 2.41. The number of amides is 1. The summed E-state index contributed by atoms with van der Waals surface area (Å²) < 4.78 is 11.6. The Balaban J connectivity index is 1.77. The maximum absolute atomic E-state index is 13.6. The molecule has 1 unspecified atom stereocenters. The zero-order chi connectivity index (χ0) is 23.3. The largest absolute Gasteiger partial charge is 0.465 e. The standard InChI is InChI=1S/C26H18BrNO5/c1-14-6-11-20-19(12-14)23(29)21-22(15-7-9-16(10-8-15)26(31)32-2)28(25(30)24(21)33-20)18-5-3-4-17(27)13-18/h3-13,22H,1-2H3. The van der Waals surface area contributed by atoms with Crippen molar-refractivity contribution in [2.45, 2.75) is 13.0 Å². The van der Waals surface area contributed by atoms with Crippen LogP contribution in [0.5, 0.6) is 0 Å². The van der Waals surface area contributed by atoms with E-state index in [1.165, 1.54) is 7.11 Å². The van der Waals surface area contributed by atoms with E-state index in [9.17, 15) is 14.4 Å². The van der Waals surface area contributed by atoms with E-state index in [0.717, 1.165) is 10.0 Å². The molecule has 0 saturated heterocycles. The van der Waals surface area contributed by atoms with Gasteiger partial charge >= 0.3 is 5.97 Å². The first kappa shape index (κ1) is 21.2. The Hall–Kier alpha value is -3.71. The molecule has 164 valence electrons. The van der Waals surface area contributed by atoms with Crippen LogP contribution in [-0.2, 0) is 4.74 Å². The van der Waals surface area contributed by atoms with Crippen molar-refractivity contribution in [1.29, 1.82) is 0 Å². The van der Waals surface area contributed by atoms with E-state index in [4.69, 9.17) is 9.15 Å². The van der Waals surface area contributed by atoms with Crippen LogP contribution in [0.25, 0.3) is 11.0 Å². The summed E-state index contributed by atoms with van der Waals surface area (Å²) in [6.07, 6.45) is 0. The van der Waals surface area contributed by atoms with Crippen molar-refractivity contribution in [3.8, 4) is 0 Å². The van der Waals surface area contributed by atoms with Crippen LogP contribution in [0.2, 0.25) is 0 Å². The fraction of sp³-hybridized carbons (Fsp3) is 0.115. The van der Waals surface area contributed by atoms with E-state index in [1.54, 1.807) is 47.4 Å².